The predicted octanol–water partition coefficient (Wildman–Crippen LogP) is 4.34. The summed E-state index contributed by atoms with van der Waals surface area (Å²) in [7, 11) is 0. The summed E-state index contributed by atoms with van der Waals surface area (Å²) in [5.74, 6) is 0.653. The molecule has 1 atom stereocenters. The first-order valence-electron chi connectivity index (χ1n) is 5.15. The van der Waals surface area contributed by atoms with Gasteiger partial charge in [0.25, 0.3) is 0 Å². The van der Waals surface area contributed by atoms with Gasteiger partial charge in [-0.3, -0.25) is 0 Å². The van der Waals surface area contributed by atoms with Gasteiger partial charge in [0.15, 0.2) is 0 Å². The van der Waals surface area contributed by atoms with E-state index < -0.39 is 0 Å². The van der Waals surface area contributed by atoms with Crippen molar-refractivity contribution in [2.75, 3.05) is 0 Å². The van der Waals surface area contributed by atoms with E-state index in [1.807, 2.05) is 0 Å². The highest BCUT2D eigenvalue weighted by molar-refractivity contribution is 5.48. The van der Waals surface area contributed by atoms with Crippen LogP contribution in [0.2, 0.25) is 0 Å². The normalized spacial score (nSPS) is 24.7. The molecule has 0 nitrogen and oxygen atoms in total. The fourth-order valence-corrected chi connectivity index (χ4v) is 2.58. The molecule has 1 aliphatic carbocycles. The first-order valence-corrected chi connectivity index (χ1v) is 5.15. The maximum absolute atomic E-state index is 2.33. The van der Waals surface area contributed by atoms with Gasteiger partial charge in [-0.05, 0) is 43.3 Å². The van der Waals surface area contributed by atoms with Gasteiger partial charge in [0, 0.05) is 0 Å². The van der Waals surface area contributed by atoms with Crippen LogP contribution in [0.4, 0.5) is 0 Å². The van der Waals surface area contributed by atoms with Crippen LogP contribution in [0.3, 0.4) is 0 Å². The van der Waals surface area contributed by atoms with E-state index in [0.29, 0.717) is 11.3 Å². The highest BCUT2D eigenvalue weighted by Gasteiger charge is 2.30. The number of allylic oxidation sites excluding steroid dienone is 4. The van der Waals surface area contributed by atoms with Crippen molar-refractivity contribution in [3.8, 4) is 0 Å². The summed E-state index contributed by atoms with van der Waals surface area (Å²) in [6, 6.07) is 0. The molecular weight excluding hydrogens is 156 g/mol. The fraction of sp³-hybridized carbons (Fsp3) is 0.692. The van der Waals surface area contributed by atoms with E-state index >= 15 is 0 Å². The van der Waals surface area contributed by atoms with Crippen LogP contribution in [0.1, 0.15) is 48.5 Å². The molecule has 1 rings (SSSR count). The molecule has 0 heteroatoms. The summed E-state index contributed by atoms with van der Waals surface area (Å²) < 4.78 is 0. The average Bonchev–Trinajstić information content (AvgIpc) is 2.14. The summed E-state index contributed by atoms with van der Waals surface area (Å²) in [6.07, 6.45) is 0. The van der Waals surface area contributed by atoms with Gasteiger partial charge in [0.2, 0.25) is 0 Å². The Morgan fingerprint density at radius 3 is 1.54 bits per heavy atom. The molecule has 0 aromatic rings. The quantitative estimate of drug-likeness (QED) is 0.518. The Bertz CT molecular complexity index is 282. The minimum atomic E-state index is 0.322. The summed E-state index contributed by atoms with van der Waals surface area (Å²) in [5, 5.41) is 0. The Balaban J connectivity index is 3.19. The third-order valence-electron chi connectivity index (χ3n) is 3.45. The molecule has 0 N–H and O–H groups in total. The van der Waals surface area contributed by atoms with Crippen molar-refractivity contribution in [2.24, 2.45) is 11.3 Å². The molecule has 0 spiro atoms. The van der Waals surface area contributed by atoms with E-state index in [1.165, 1.54) is 11.1 Å². The van der Waals surface area contributed by atoms with Gasteiger partial charge in [-0.15, -0.1) is 0 Å². The van der Waals surface area contributed by atoms with Gasteiger partial charge in [0.1, 0.15) is 0 Å². The monoisotopic (exact) mass is 178 g/mol. The standard InChI is InChI=1S/C13H22/c1-8-9(2)11(4)12(10(8)3)13(5,6)7/h10H,1-7H3. The molecule has 0 fully saturated rings. The topological polar surface area (TPSA) is 0 Å². The number of rotatable bonds is 0. The predicted molar refractivity (Wildman–Crippen MR) is 59.7 cm³/mol. The third-order valence-corrected chi connectivity index (χ3v) is 3.45. The second kappa shape index (κ2) is 3.01. The summed E-state index contributed by atoms with van der Waals surface area (Å²) in [6.45, 7) is 16.1. The Morgan fingerprint density at radius 2 is 1.38 bits per heavy atom. The lowest BCUT2D eigenvalue weighted by Crippen LogP contribution is -2.15. The van der Waals surface area contributed by atoms with E-state index in [1.54, 1.807) is 11.1 Å². The molecule has 1 unspecified atom stereocenters. The van der Waals surface area contributed by atoms with Crippen molar-refractivity contribution in [1.29, 1.82) is 0 Å². The van der Waals surface area contributed by atoms with Gasteiger partial charge in [-0.1, -0.05) is 38.8 Å². The van der Waals surface area contributed by atoms with Crippen LogP contribution in [0.25, 0.3) is 0 Å². The van der Waals surface area contributed by atoms with Crippen LogP contribution < -0.4 is 0 Å². The Hall–Kier alpha value is -0.520. The van der Waals surface area contributed by atoms with Crippen molar-refractivity contribution in [1.82, 2.24) is 0 Å². The van der Waals surface area contributed by atoms with Gasteiger partial charge in [-0.25, -0.2) is 0 Å². The van der Waals surface area contributed by atoms with Crippen LogP contribution >= 0.6 is 0 Å². The van der Waals surface area contributed by atoms with E-state index in [2.05, 4.69) is 48.5 Å². The minimum absolute atomic E-state index is 0.322. The molecule has 1 aliphatic rings. The van der Waals surface area contributed by atoms with Gasteiger partial charge < -0.3 is 0 Å². The molecule has 0 aromatic carbocycles. The first kappa shape index (κ1) is 10.6. The lowest BCUT2D eigenvalue weighted by molar-refractivity contribution is 0.457. The van der Waals surface area contributed by atoms with Crippen LogP contribution in [0, 0.1) is 11.3 Å². The second-order valence-corrected chi connectivity index (χ2v) is 5.32. The smallest absolute Gasteiger partial charge is 0.000731 e. The van der Waals surface area contributed by atoms with Crippen LogP contribution in [0.5, 0.6) is 0 Å². The fourth-order valence-electron chi connectivity index (χ4n) is 2.58. The van der Waals surface area contributed by atoms with E-state index in [9.17, 15) is 0 Å². The molecule has 0 radical (unpaired) electrons. The van der Waals surface area contributed by atoms with E-state index in [-0.39, 0.29) is 0 Å². The van der Waals surface area contributed by atoms with Gasteiger partial charge >= 0.3 is 0 Å². The molecule has 0 saturated heterocycles. The lowest BCUT2D eigenvalue weighted by Gasteiger charge is -2.27. The molecule has 74 valence electrons. The SMILES string of the molecule is CC1=C(C)C(C)C(C(C)(C)C)=C1C. The molecule has 0 amide bonds. The lowest BCUT2D eigenvalue weighted by atomic mass is 9.78. The van der Waals surface area contributed by atoms with Crippen molar-refractivity contribution in [3.63, 3.8) is 0 Å². The van der Waals surface area contributed by atoms with Crippen molar-refractivity contribution >= 4 is 0 Å². The Kier molecular flexibility index (Phi) is 2.44. The average molecular weight is 178 g/mol. The number of hydrogen-bond acceptors (Lipinski definition) is 0. The molecule has 0 aromatic heterocycles. The Morgan fingerprint density at radius 1 is 0.923 bits per heavy atom. The van der Waals surface area contributed by atoms with Gasteiger partial charge in [0.05, 0.1) is 0 Å². The number of hydrogen-bond donors (Lipinski definition) is 0. The largest absolute Gasteiger partial charge is 0.0632 e. The summed E-state index contributed by atoms with van der Waals surface area (Å²) in [4.78, 5) is 0. The van der Waals surface area contributed by atoms with Crippen molar-refractivity contribution in [3.05, 3.63) is 22.3 Å². The molecule has 0 heterocycles. The minimum Gasteiger partial charge on any atom is -0.0632 e. The molecule has 0 saturated carbocycles. The molecule has 13 heavy (non-hydrogen) atoms. The van der Waals surface area contributed by atoms with Crippen LogP contribution in [-0.4, -0.2) is 0 Å². The van der Waals surface area contributed by atoms with E-state index in [0.717, 1.165) is 0 Å². The van der Waals surface area contributed by atoms with Crippen LogP contribution in [0.15, 0.2) is 22.3 Å². The zero-order valence-corrected chi connectivity index (χ0v) is 10.1. The third kappa shape index (κ3) is 1.59. The molecule has 0 bridgehead atoms. The summed E-state index contributed by atoms with van der Waals surface area (Å²) >= 11 is 0. The Labute approximate surface area is 82.7 Å². The highest BCUT2D eigenvalue weighted by atomic mass is 14.4. The van der Waals surface area contributed by atoms with E-state index in [4.69, 9.17) is 0 Å². The highest BCUT2D eigenvalue weighted by Crippen LogP contribution is 2.45. The first-order chi connectivity index (χ1) is 5.76. The zero-order chi connectivity index (χ0) is 10.4. The molecule has 0 aliphatic heterocycles. The summed E-state index contributed by atoms with van der Waals surface area (Å²) in [5.41, 5.74) is 6.54. The maximum Gasteiger partial charge on any atom is -0.000731 e. The maximum atomic E-state index is 2.33. The van der Waals surface area contributed by atoms with Crippen molar-refractivity contribution in [2.45, 2.75) is 48.5 Å². The van der Waals surface area contributed by atoms with Crippen LogP contribution in [-0.2, 0) is 0 Å². The second-order valence-electron chi connectivity index (χ2n) is 5.32. The van der Waals surface area contributed by atoms with Crippen molar-refractivity contribution < 1.29 is 0 Å². The van der Waals surface area contributed by atoms with Gasteiger partial charge in [-0.2, -0.15) is 0 Å². The zero-order valence-electron chi connectivity index (χ0n) is 10.1. The molecular formula is C13H22.